The predicted octanol–water partition coefficient (Wildman–Crippen LogP) is -1.41. The van der Waals surface area contributed by atoms with Crippen molar-refractivity contribution in [1.82, 2.24) is 9.80 Å². The van der Waals surface area contributed by atoms with Gasteiger partial charge in [0.1, 0.15) is 0 Å². The molecule has 1 unspecified atom stereocenters. The number of nitrogens with two attached hydrogens (primary N) is 1. The van der Waals surface area contributed by atoms with Crippen molar-refractivity contribution >= 4 is 11.9 Å². The van der Waals surface area contributed by atoms with Gasteiger partial charge in [-0.05, 0) is 12.8 Å². The topological polar surface area (TPSA) is 107 Å². The molecule has 3 amide bonds. The number of hydrogen-bond acceptors (Lipinski definition) is 4. The molecular weight excluding hydrogens is 238 g/mol. The van der Waals surface area contributed by atoms with Gasteiger partial charge in [-0.2, -0.15) is 0 Å². The monoisotopic (exact) mass is 259 g/mol. The van der Waals surface area contributed by atoms with E-state index in [2.05, 4.69) is 0 Å². The number of hydrogen-bond donors (Lipinski definition) is 3. The molecule has 1 aliphatic heterocycles. The quantitative estimate of drug-likeness (QED) is 0.564. The lowest BCUT2D eigenvalue weighted by Crippen LogP contribution is -2.49. The first-order valence-electron chi connectivity index (χ1n) is 6.15. The summed E-state index contributed by atoms with van der Waals surface area (Å²) in [6.45, 7) is 1.02. The molecule has 0 aromatic rings. The van der Waals surface area contributed by atoms with Crippen LogP contribution in [0.1, 0.15) is 12.8 Å². The fraction of sp³-hybridized carbons (Fsp3) is 0.818. The predicted molar refractivity (Wildman–Crippen MR) is 64.6 cm³/mol. The molecular formula is C11H21N3O4. The van der Waals surface area contributed by atoms with E-state index < -0.39 is 6.03 Å². The number of rotatable bonds is 5. The van der Waals surface area contributed by atoms with Crippen LogP contribution in [0.15, 0.2) is 0 Å². The minimum Gasteiger partial charge on any atom is -0.395 e. The standard InChI is InChI=1S/C11H21N3O4/c12-11(18)14-3-1-2-9(8-14)10(17)13(4-6-15)5-7-16/h9,15-16H,1-8H2,(H2,12,18). The van der Waals surface area contributed by atoms with Crippen LogP contribution in [-0.2, 0) is 4.79 Å². The highest BCUT2D eigenvalue weighted by atomic mass is 16.3. The van der Waals surface area contributed by atoms with Crippen LogP contribution in [0.25, 0.3) is 0 Å². The SMILES string of the molecule is NC(=O)N1CCCC(C(=O)N(CCO)CCO)C1. The summed E-state index contributed by atoms with van der Waals surface area (Å²) in [5.74, 6) is -0.423. The van der Waals surface area contributed by atoms with Gasteiger partial charge in [0.25, 0.3) is 0 Å². The highest BCUT2D eigenvalue weighted by Crippen LogP contribution is 2.18. The van der Waals surface area contributed by atoms with Gasteiger partial charge >= 0.3 is 6.03 Å². The van der Waals surface area contributed by atoms with E-state index in [0.717, 1.165) is 6.42 Å². The molecule has 1 heterocycles. The maximum Gasteiger partial charge on any atom is 0.314 e. The van der Waals surface area contributed by atoms with E-state index in [1.165, 1.54) is 9.80 Å². The Bertz CT molecular complexity index is 292. The number of carbonyl (C=O) groups excluding carboxylic acids is 2. The molecule has 7 nitrogen and oxygen atoms in total. The maximum atomic E-state index is 12.2. The number of piperidine rings is 1. The Morgan fingerprint density at radius 2 is 1.89 bits per heavy atom. The molecule has 0 aromatic carbocycles. The van der Waals surface area contributed by atoms with Crippen LogP contribution >= 0.6 is 0 Å². The summed E-state index contributed by atoms with van der Waals surface area (Å²) in [6.07, 6.45) is 1.45. The number of aliphatic hydroxyl groups is 2. The number of amides is 3. The van der Waals surface area contributed by atoms with Gasteiger partial charge in [0.05, 0.1) is 19.1 Å². The second-order valence-electron chi connectivity index (χ2n) is 4.40. The Morgan fingerprint density at radius 1 is 1.28 bits per heavy atom. The molecule has 0 saturated carbocycles. The molecule has 104 valence electrons. The summed E-state index contributed by atoms with van der Waals surface area (Å²) in [6, 6.07) is -0.511. The van der Waals surface area contributed by atoms with E-state index in [4.69, 9.17) is 15.9 Å². The van der Waals surface area contributed by atoms with Gasteiger partial charge in [-0.1, -0.05) is 0 Å². The van der Waals surface area contributed by atoms with Crippen LogP contribution in [0, 0.1) is 5.92 Å². The largest absolute Gasteiger partial charge is 0.395 e. The second-order valence-corrected chi connectivity index (χ2v) is 4.40. The van der Waals surface area contributed by atoms with Crippen molar-refractivity contribution in [3.05, 3.63) is 0 Å². The van der Waals surface area contributed by atoms with Crippen LogP contribution in [0.5, 0.6) is 0 Å². The smallest absolute Gasteiger partial charge is 0.314 e. The van der Waals surface area contributed by atoms with Gasteiger partial charge in [-0.15, -0.1) is 0 Å². The number of primary amides is 1. The molecule has 4 N–H and O–H groups in total. The van der Waals surface area contributed by atoms with Crippen LogP contribution < -0.4 is 5.73 Å². The zero-order valence-electron chi connectivity index (χ0n) is 10.4. The van der Waals surface area contributed by atoms with E-state index in [0.29, 0.717) is 19.5 Å². The molecule has 1 aliphatic rings. The Labute approximate surface area is 106 Å². The summed E-state index contributed by atoms with van der Waals surface area (Å²) in [5.41, 5.74) is 5.21. The Hall–Kier alpha value is -1.34. The minimum absolute atomic E-state index is 0.135. The average Bonchev–Trinajstić information content (AvgIpc) is 2.38. The first kappa shape index (κ1) is 14.7. The van der Waals surface area contributed by atoms with E-state index in [1.54, 1.807) is 0 Å². The summed E-state index contributed by atoms with van der Waals surface area (Å²) in [5, 5.41) is 17.8. The van der Waals surface area contributed by atoms with Crippen LogP contribution in [0.4, 0.5) is 4.79 Å². The van der Waals surface area contributed by atoms with Crippen molar-refractivity contribution in [3.8, 4) is 0 Å². The zero-order chi connectivity index (χ0) is 13.5. The van der Waals surface area contributed by atoms with E-state index >= 15 is 0 Å². The Kier molecular flexibility index (Phi) is 5.87. The van der Waals surface area contributed by atoms with Crippen LogP contribution in [0.2, 0.25) is 0 Å². The first-order valence-corrected chi connectivity index (χ1v) is 6.15. The number of aliphatic hydroxyl groups excluding tert-OH is 2. The number of nitrogens with zero attached hydrogens (tertiary/aromatic N) is 2. The average molecular weight is 259 g/mol. The normalized spacial score (nSPS) is 19.7. The lowest BCUT2D eigenvalue weighted by atomic mass is 9.96. The molecule has 0 radical (unpaired) electrons. The molecule has 0 spiro atoms. The van der Waals surface area contributed by atoms with Gasteiger partial charge in [0, 0.05) is 26.2 Å². The molecule has 1 saturated heterocycles. The lowest BCUT2D eigenvalue weighted by molar-refractivity contribution is -0.138. The first-order chi connectivity index (χ1) is 8.60. The third kappa shape index (κ3) is 3.85. The van der Waals surface area contributed by atoms with Crippen molar-refractivity contribution < 1.29 is 19.8 Å². The van der Waals surface area contributed by atoms with E-state index in [-0.39, 0.29) is 38.1 Å². The van der Waals surface area contributed by atoms with Crippen LogP contribution in [-0.4, -0.2) is 71.3 Å². The summed E-state index contributed by atoms with van der Waals surface area (Å²) < 4.78 is 0. The van der Waals surface area contributed by atoms with E-state index in [9.17, 15) is 9.59 Å². The molecule has 0 bridgehead atoms. The molecule has 1 atom stereocenters. The molecule has 0 aliphatic carbocycles. The van der Waals surface area contributed by atoms with Crippen molar-refractivity contribution in [3.63, 3.8) is 0 Å². The van der Waals surface area contributed by atoms with Crippen molar-refractivity contribution in [1.29, 1.82) is 0 Å². The number of likely N-dealkylation sites (tertiary alicyclic amines) is 1. The Morgan fingerprint density at radius 3 is 2.39 bits per heavy atom. The number of carbonyl (C=O) groups is 2. The summed E-state index contributed by atoms with van der Waals surface area (Å²) in [4.78, 5) is 26.1. The van der Waals surface area contributed by atoms with Crippen LogP contribution in [0.3, 0.4) is 0 Å². The summed E-state index contributed by atoms with van der Waals surface area (Å²) >= 11 is 0. The van der Waals surface area contributed by atoms with Crippen molar-refractivity contribution in [2.45, 2.75) is 12.8 Å². The Balaban J connectivity index is 2.60. The maximum absolute atomic E-state index is 12.2. The lowest BCUT2D eigenvalue weighted by Gasteiger charge is -2.33. The number of urea groups is 1. The zero-order valence-corrected chi connectivity index (χ0v) is 10.4. The molecule has 7 heteroatoms. The third-order valence-corrected chi connectivity index (χ3v) is 3.13. The molecule has 1 rings (SSSR count). The van der Waals surface area contributed by atoms with Gasteiger partial charge < -0.3 is 25.7 Å². The summed E-state index contributed by atoms with van der Waals surface area (Å²) in [7, 11) is 0. The van der Waals surface area contributed by atoms with Gasteiger partial charge in [0.2, 0.25) is 5.91 Å². The highest BCUT2D eigenvalue weighted by molar-refractivity contribution is 5.80. The fourth-order valence-electron chi connectivity index (χ4n) is 2.21. The van der Waals surface area contributed by atoms with Gasteiger partial charge in [-0.25, -0.2) is 4.79 Å². The molecule has 18 heavy (non-hydrogen) atoms. The highest BCUT2D eigenvalue weighted by Gasteiger charge is 2.30. The molecule has 1 fully saturated rings. The van der Waals surface area contributed by atoms with Crippen molar-refractivity contribution in [2.75, 3.05) is 39.4 Å². The fourth-order valence-corrected chi connectivity index (χ4v) is 2.21. The molecule has 0 aromatic heterocycles. The minimum atomic E-state index is -0.511. The van der Waals surface area contributed by atoms with E-state index in [1.807, 2.05) is 0 Å². The van der Waals surface area contributed by atoms with Crippen molar-refractivity contribution in [2.24, 2.45) is 11.7 Å². The second kappa shape index (κ2) is 7.17. The van der Waals surface area contributed by atoms with Gasteiger partial charge in [0.15, 0.2) is 0 Å². The third-order valence-electron chi connectivity index (χ3n) is 3.13. The van der Waals surface area contributed by atoms with Gasteiger partial charge in [-0.3, -0.25) is 4.79 Å².